The lowest BCUT2D eigenvalue weighted by Crippen LogP contribution is -2.54. The summed E-state index contributed by atoms with van der Waals surface area (Å²) in [6.07, 6.45) is -6.40. The Morgan fingerprint density at radius 3 is 2.17 bits per heavy atom. The van der Waals surface area contributed by atoms with Gasteiger partial charge in [0.25, 0.3) is 5.69 Å². The molecule has 1 aliphatic rings. The number of hydrogen-bond acceptors (Lipinski definition) is 5. The van der Waals surface area contributed by atoms with Crippen LogP contribution in [0.4, 0.5) is 18.9 Å². The predicted octanol–water partition coefficient (Wildman–Crippen LogP) is 5.45. The number of benzene rings is 3. The minimum absolute atomic E-state index is 0.0857. The van der Waals surface area contributed by atoms with Gasteiger partial charge < -0.3 is 4.74 Å². The van der Waals surface area contributed by atoms with E-state index in [-0.39, 0.29) is 29.2 Å². The summed E-state index contributed by atoms with van der Waals surface area (Å²) in [5, 5.41) is 11.2. The lowest BCUT2D eigenvalue weighted by atomic mass is 9.96. The van der Waals surface area contributed by atoms with Gasteiger partial charge in [0.1, 0.15) is 6.10 Å². The molecule has 0 aliphatic carbocycles. The van der Waals surface area contributed by atoms with Gasteiger partial charge in [0, 0.05) is 30.2 Å². The van der Waals surface area contributed by atoms with E-state index in [1.165, 1.54) is 30.3 Å². The maximum Gasteiger partial charge on any atom is 0.416 e. The van der Waals surface area contributed by atoms with Crippen LogP contribution in [0.3, 0.4) is 0 Å². The van der Waals surface area contributed by atoms with Gasteiger partial charge in [-0.2, -0.15) is 17.5 Å². The van der Waals surface area contributed by atoms with Crippen molar-refractivity contribution >= 4 is 27.3 Å². The highest BCUT2D eigenvalue weighted by molar-refractivity contribution is 7.89. The Balaban J connectivity index is 1.56. The molecule has 184 valence electrons. The second-order valence-electron chi connectivity index (χ2n) is 7.85. The minimum atomic E-state index is -4.62. The first-order valence-electron chi connectivity index (χ1n) is 10.3. The highest BCUT2D eigenvalue weighted by Crippen LogP contribution is 2.39. The molecule has 0 bridgehead atoms. The second kappa shape index (κ2) is 9.57. The smallest absolute Gasteiger partial charge is 0.363 e. The van der Waals surface area contributed by atoms with E-state index in [0.717, 1.165) is 34.6 Å². The Labute approximate surface area is 203 Å². The molecule has 1 heterocycles. The van der Waals surface area contributed by atoms with E-state index in [2.05, 4.69) is 0 Å². The zero-order chi connectivity index (χ0) is 25.4. The molecule has 1 fully saturated rings. The van der Waals surface area contributed by atoms with Gasteiger partial charge >= 0.3 is 6.18 Å². The molecular formula is C23H18ClF3N2O5S. The number of non-ortho nitro benzene ring substituents is 1. The van der Waals surface area contributed by atoms with Gasteiger partial charge in [-0.25, -0.2) is 8.42 Å². The van der Waals surface area contributed by atoms with Crippen molar-refractivity contribution in [3.05, 3.63) is 105 Å². The number of alkyl halides is 3. The van der Waals surface area contributed by atoms with E-state index >= 15 is 0 Å². The van der Waals surface area contributed by atoms with Crippen LogP contribution in [0.1, 0.15) is 22.8 Å². The van der Waals surface area contributed by atoms with Gasteiger partial charge in [-0.3, -0.25) is 10.1 Å². The lowest BCUT2D eigenvalue weighted by Gasteiger charge is -2.40. The molecule has 3 aromatic rings. The van der Waals surface area contributed by atoms with Gasteiger partial charge in [-0.1, -0.05) is 41.9 Å². The molecule has 0 spiro atoms. The van der Waals surface area contributed by atoms with Gasteiger partial charge in [-0.15, -0.1) is 0 Å². The fraction of sp³-hybridized carbons (Fsp3) is 0.217. The van der Waals surface area contributed by atoms with E-state index in [1.54, 1.807) is 12.1 Å². The van der Waals surface area contributed by atoms with Crippen molar-refractivity contribution in [1.82, 2.24) is 4.31 Å². The molecule has 1 atom stereocenters. The largest absolute Gasteiger partial charge is 0.416 e. The molecule has 4 rings (SSSR count). The topological polar surface area (TPSA) is 89.8 Å². The van der Waals surface area contributed by atoms with Crippen molar-refractivity contribution in [1.29, 1.82) is 0 Å². The third-order valence-corrected chi connectivity index (χ3v) is 7.65. The van der Waals surface area contributed by atoms with Crippen LogP contribution in [0.15, 0.2) is 77.7 Å². The number of nitro groups is 1. The van der Waals surface area contributed by atoms with Crippen molar-refractivity contribution in [2.24, 2.45) is 0 Å². The minimum Gasteiger partial charge on any atom is -0.363 e. The van der Waals surface area contributed by atoms with Crippen LogP contribution in [0.5, 0.6) is 0 Å². The second-order valence-corrected chi connectivity index (χ2v) is 10.2. The first-order chi connectivity index (χ1) is 16.5. The van der Waals surface area contributed by atoms with E-state index in [0.29, 0.717) is 10.6 Å². The Morgan fingerprint density at radius 2 is 1.60 bits per heavy atom. The molecule has 1 unspecified atom stereocenters. The van der Waals surface area contributed by atoms with Crippen molar-refractivity contribution in [2.45, 2.75) is 23.3 Å². The summed E-state index contributed by atoms with van der Waals surface area (Å²) < 4.78 is 73.9. The van der Waals surface area contributed by atoms with E-state index in [4.69, 9.17) is 16.3 Å². The van der Waals surface area contributed by atoms with Gasteiger partial charge in [0.05, 0.1) is 21.5 Å². The average Bonchev–Trinajstić information content (AvgIpc) is 2.78. The Bertz CT molecular complexity index is 1330. The van der Waals surface area contributed by atoms with Gasteiger partial charge in [0.15, 0.2) is 0 Å². The Kier molecular flexibility index (Phi) is 6.87. The average molecular weight is 527 g/mol. The summed E-state index contributed by atoms with van der Waals surface area (Å²) >= 11 is 5.93. The molecule has 3 aromatic carbocycles. The third-order valence-electron chi connectivity index (χ3n) is 5.55. The zero-order valence-corrected chi connectivity index (χ0v) is 19.4. The number of sulfonamides is 1. The van der Waals surface area contributed by atoms with Crippen molar-refractivity contribution in [3.63, 3.8) is 0 Å². The molecule has 35 heavy (non-hydrogen) atoms. The van der Waals surface area contributed by atoms with Crippen LogP contribution in [0.25, 0.3) is 0 Å². The summed E-state index contributed by atoms with van der Waals surface area (Å²) in [4.78, 5) is 10.0. The van der Waals surface area contributed by atoms with E-state index < -0.39 is 38.9 Å². The monoisotopic (exact) mass is 526 g/mol. The zero-order valence-electron chi connectivity index (χ0n) is 17.9. The van der Waals surface area contributed by atoms with Crippen LogP contribution in [0, 0.1) is 10.1 Å². The summed E-state index contributed by atoms with van der Waals surface area (Å²) in [7, 11) is -3.95. The highest BCUT2D eigenvalue weighted by Gasteiger charge is 2.41. The van der Waals surface area contributed by atoms with Crippen molar-refractivity contribution in [3.8, 4) is 0 Å². The maximum atomic E-state index is 13.7. The SMILES string of the molecule is O=[N+]([O-])c1ccc(S(=O)(=O)N2CC(OC(c3ccc(Cl)cc3)c3ccccc3C(F)(F)F)C2)cc1. The molecule has 0 amide bonds. The van der Waals surface area contributed by atoms with Gasteiger partial charge in [0.2, 0.25) is 10.0 Å². The number of rotatable bonds is 7. The number of nitro benzene ring substituents is 1. The third kappa shape index (κ3) is 5.32. The summed E-state index contributed by atoms with van der Waals surface area (Å²) in [6.45, 7) is -0.171. The molecule has 1 saturated heterocycles. The number of hydrogen-bond donors (Lipinski definition) is 0. The molecule has 0 N–H and O–H groups in total. The number of nitrogens with zero attached hydrogens (tertiary/aromatic N) is 2. The van der Waals surface area contributed by atoms with Crippen LogP contribution in [-0.2, 0) is 20.9 Å². The fourth-order valence-corrected chi connectivity index (χ4v) is 5.35. The number of halogens is 4. The molecular weight excluding hydrogens is 509 g/mol. The van der Waals surface area contributed by atoms with E-state index in [1.807, 2.05) is 0 Å². The molecule has 12 heteroatoms. The first-order valence-corrected chi connectivity index (χ1v) is 12.1. The lowest BCUT2D eigenvalue weighted by molar-refractivity contribution is -0.384. The van der Waals surface area contributed by atoms with Crippen molar-refractivity contribution in [2.75, 3.05) is 13.1 Å². The summed E-state index contributed by atoms with van der Waals surface area (Å²) in [5.74, 6) is 0. The summed E-state index contributed by atoms with van der Waals surface area (Å²) in [5.41, 5.74) is -0.765. The Morgan fingerprint density at radius 1 is 1.00 bits per heavy atom. The highest BCUT2D eigenvalue weighted by atomic mass is 35.5. The molecule has 1 aliphatic heterocycles. The molecule has 0 radical (unpaired) electrons. The molecule has 0 aromatic heterocycles. The molecule has 0 saturated carbocycles. The fourth-order valence-electron chi connectivity index (χ4n) is 3.72. The normalized spacial score (nSPS) is 16.0. The van der Waals surface area contributed by atoms with Crippen LogP contribution < -0.4 is 0 Å². The molecule has 7 nitrogen and oxygen atoms in total. The van der Waals surface area contributed by atoms with Gasteiger partial charge in [-0.05, 0) is 41.5 Å². The van der Waals surface area contributed by atoms with Crippen molar-refractivity contribution < 1.29 is 31.2 Å². The predicted molar refractivity (Wildman–Crippen MR) is 121 cm³/mol. The van der Waals surface area contributed by atoms with Crippen LogP contribution in [-0.4, -0.2) is 36.8 Å². The Hall–Kier alpha value is -2.99. The quantitative estimate of drug-likeness (QED) is 0.302. The summed E-state index contributed by atoms with van der Waals surface area (Å²) in [6, 6.07) is 15.7. The van der Waals surface area contributed by atoms with E-state index in [9.17, 15) is 31.7 Å². The van der Waals surface area contributed by atoms with Crippen LogP contribution >= 0.6 is 11.6 Å². The maximum absolute atomic E-state index is 13.7. The standard InChI is InChI=1S/C23H18ClF3N2O5S/c24-16-7-5-15(6-8-16)22(20-3-1-2-4-21(20)23(25,26)27)34-18-13-28(14-18)35(32,33)19-11-9-17(10-12-19)29(30)31/h1-12,18,22H,13-14H2. The van der Waals surface area contributed by atoms with Crippen LogP contribution in [0.2, 0.25) is 5.02 Å². The first kappa shape index (κ1) is 25.1. The number of ether oxygens (including phenoxy) is 1.